The highest BCUT2D eigenvalue weighted by molar-refractivity contribution is 5.82. The van der Waals surface area contributed by atoms with Gasteiger partial charge in [-0.05, 0) is 56.8 Å². The maximum absolute atomic E-state index is 14.1. The van der Waals surface area contributed by atoms with E-state index in [0.717, 1.165) is 45.1 Å². The molecule has 0 aromatic heterocycles. The van der Waals surface area contributed by atoms with Crippen molar-refractivity contribution < 1.29 is 29.1 Å². The number of hydrogen-bond donors (Lipinski definition) is 2. The van der Waals surface area contributed by atoms with Crippen LogP contribution in [0.1, 0.15) is 59.3 Å². The smallest absolute Gasteiger partial charge is 0.248 e. The SMILES string of the molecule is COC1CCC2C3[NH2+]CCC4C5CC(O[C@@H](C)C(=O)NCC(C)C)CCC5N(C(=O)C2C1OC)C43. The van der Waals surface area contributed by atoms with E-state index >= 15 is 0 Å². The van der Waals surface area contributed by atoms with Gasteiger partial charge < -0.3 is 29.7 Å². The Bertz CT molecular complexity index is 793. The summed E-state index contributed by atoms with van der Waals surface area (Å²) in [7, 11) is 3.48. The number of piperidine rings is 2. The van der Waals surface area contributed by atoms with Gasteiger partial charge >= 0.3 is 0 Å². The molecule has 8 nitrogen and oxygen atoms in total. The topological polar surface area (TPSA) is 93.7 Å². The molecule has 35 heavy (non-hydrogen) atoms. The van der Waals surface area contributed by atoms with E-state index in [1.165, 1.54) is 0 Å². The summed E-state index contributed by atoms with van der Waals surface area (Å²) in [4.78, 5) is 29.0. The number of nitrogens with zero attached hydrogens (tertiary/aromatic N) is 1. The zero-order chi connectivity index (χ0) is 24.9. The van der Waals surface area contributed by atoms with Crippen LogP contribution in [0.3, 0.4) is 0 Å². The molecule has 5 rings (SSSR count). The monoisotopic (exact) mass is 492 g/mol. The van der Waals surface area contributed by atoms with Gasteiger partial charge in [-0.25, -0.2) is 0 Å². The number of amides is 2. The third-order valence-corrected chi connectivity index (χ3v) is 9.84. The zero-order valence-electron chi connectivity index (χ0n) is 22.2. The van der Waals surface area contributed by atoms with Crippen LogP contribution in [-0.2, 0) is 23.8 Å². The summed E-state index contributed by atoms with van der Waals surface area (Å²) < 4.78 is 18.0. The number of rotatable bonds is 7. The third kappa shape index (κ3) is 4.42. The lowest BCUT2D eigenvalue weighted by atomic mass is 9.64. The molecular weight excluding hydrogens is 446 g/mol. The Labute approximate surface area is 210 Å². The number of hydrogen-bond acceptors (Lipinski definition) is 5. The van der Waals surface area contributed by atoms with Crippen LogP contribution in [0.25, 0.3) is 0 Å². The van der Waals surface area contributed by atoms with Crippen LogP contribution in [0.15, 0.2) is 0 Å². The van der Waals surface area contributed by atoms with Gasteiger partial charge in [0.05, 0.1) is 36.8 Å². The van der Waals surface area contributed by atoms with Crippen LogP contribution in [0.5, 0.6) is 0 Å². The van der Waals surface area contributed by atoms with Gasteiger partial charge in [0.25, 0.3) is 0 Å². The van der Waals surface area contributed by atoms with Gasteiger partial charge in [-0.1, -0.05) is 13.8 Å². The van der Waals surface area contributed by atoms with Crippen molar-refractivity contribution in [1.29, 1.82) is 0 Å². The first-order valence-corrected chi connectivity index (χ1v) is 14.0. The van der Waals surface area contributed by atoms with Gasteiger partial charge in [-0.2, -0.15) is 0 Å². The van der Waals surface area contributed by atoms with Crippen LogP contribution >= 0.6 is 0 Å². The molecule has 0 aromatic rings. The summed E-state index contributed by atoms with van der Waals surface area (Å²) in [5.41, 5.74) is 0. The normalized spacial score (nSPS) is 43.4. The standard InChI is InChI=1S/C27H45N3O5/c1-14(2)13-29-26(31)15(3)35-16-6-8-20-19(12-16)17-10-11-28-23-18-7-9-21(33-4)25(34-5)22(18)27(32)30(20)24(17)23/h14-25,28H,6-13H2,1-5H3,(H,29,31)/p+1/t15-,16?,17?,18?,19?,20?,21?,22?,23?,24?,25?/m0/s1. The van der Waals surface area contributed by atoms with Gasteiger partial charge in [-0.15, -0.1) is 0 Å². The Kier molecular flexibility index (Phi) is 7.46. The molecule has 3 heterocycles. The first kappa shape index (κ1) is 25.4. The number of methoxy groups -OCH3 is 2. The molecule has 2 aliphatic carbocycles. The van der Waals surface area contributed by atoms with Gasteiger partial charge in [0, 0.05) is 39.1 Å². The molecule has 3 N–H and O–H groups in total. The Hall–Kier alpha value is -1.22. The van der Waals surface area contributed by atoms with Crippen molar-refractivity contribution in [2.75, 3.05) is 27.3 Å². The summed E-state index contributed by atoms with van der Waals surface area (Å²) in [5.74, 6) is 1.97. The fraction of sp³-hybridized carbons (Fsp3) is 0.926. The summed E-state index contributed by atoms with van der Waals surface area (Å²) in [5, 5.41) is 5.53. The molecule has 0 radical (unpaired) electrons. The fourth-order valence-electron chi connectivity index (χ4n) is 8.43. The van der Waals surface area contributed by atoms with Crippen molar-refractivity contribution in [3.05, 3.63) is 0 Å². The highest BCUT2D eigenvalue weighted by atomic mass is 16.5. The van der Waals surface area contributed by atoms with E-state index in [1.807, 2.05) is 6.92 Å². The second-order valence-corrected chi connectivity index (χ2v) is 12.1. The van der Waals surface area contributed by atoms with E-state index in [-0.39, 0.29) is 36.2 Å². The van der Waals surface area contributed by atoms with E-state index in [0.29, 0.717) is 48.2 Å². The minimum Gasteiger partial charge on any atom is -0.379 e. The van der Waals surface area contributed by atoms with Gasteiger partial charge in [0.15, 0.2) is 0 Å². The number of ether oxygens (including phenoxy) is 3. The first-order chi connectivity index (χ1) is 16.8. The van der Waals surface area contributed by atoms with E-state index < -0.39 is 6.10 Å². The van der Waals surface area contributed by atoms with Gasteiger partial charge in [0.1, 0.15) is 12.1 Å². The van der Waals surface area contributed by atoms with Crippen molar-refractivity contribution >= 4 is 11.8 Å². The molecule has 3 saturated heterocycles. The first-order valence-electron chi connectivity index (χ1n) is 14.0. The van der Waals surface area contributed by atoms with Crippen LogP contribution < -0.4 is 10.6 Å². The van der Waals surface area contributed by atoms with Crippen LogP contribution in [-0.4, -0.2) is 86.6 Å². The predicted octanol–water partition coefficient (Wildman–Crippen LogP) is 0.934. The summed E-state index contributed by atoms with van der Waals surface area (Å²) in [6, 6.07) is 1.07. The lowest BCUT2D eigenvalue weighted by molar-refractivity contribution is -0.713. The van der Waals surface area contributed by atoms with Gasteiger partial charge in [0.2, 0.25) is 11.8 Å². The second-order valence-electron chi connectivity index (χ2n) is 12.1. The number of fused-ring (bicyclic) bond motifs is 5. The summed E-state index contributed by atoms with van der Waals surface area (Å²) in [6.07, 6.45) is 5.46. The Morgan fingerprint density at radius 3 is 2.57 bits per heavy atom. The van der Waals surface area contributed by atoms with E-state index in [9.17, 15) is 9.59 Å². The Balaban J connectivity index is 1.32. The second kappa shape index (κ2) is 10.3. The number of quaternary nitrogens is 1. The van der Waals surface area contributed by atoms with Gasteiger partial charge in [-0.3, -0.25) is 9.59 Å². The van der Waals surface area contributed by atoms with Crippen LogP contribution in [0.2, 0.25) is 0 Å². The minimum atomic E-state index is -0.440. The molecule has 198 valence electrons. The summed E-state index contributed by atoms with van der Waals surface area (Å²) >= 11 is 0. The lowest BCUT2D eigenvalue weighted by Gasteiger charge is -2.53. The number of nitrogens with one attached hydrogen (secondary N) is 1. The third-order valence-electron chi connectivity index (χ3n) is 9.84. The molecule has 0 spiro atoms. The number of carbonyl (C=O) groups excluding carboxylic acids is 2. The molecule has 5 aliphatic rings. The van der Waals surface area contributed by atoms with E-state index in [2.05, 4.69) is 29.4 Å². The maximum Gasteiger partial charge on any atom is 0.248 e. The average molecular weight is 493 g/mol. The molecule has 11 atom stereocenters. The quantitative estimate of drug-likeness (QED) is 0.552. The van der Waals surface area contributed by atoms with Crippen molar-refractivity contribution in [2.24, 2.45) is 29.6 Å². The molecule has 2 saturated carbocycles. The van der Waals surface area contributed by atoms with Crippen molar-refractivity contribution in [3.63, 3.8) is 0 Å². The van der Waals surface area contributed by atoms with Crippen molar-refractivity contribution in [1.82, 2.24) is 10.2 Å². The molecule has 0 bridgehead atoms. The van der Waals surface area contributed by atoms with E-state index in [4.69, 9.17) is 14.2 Å². The molecule has 10 unspecified atom stereocenters. The largest absolute Gasteiger partial charge is 0.379 e. The Morgan fingerprint density at radius 2 is 1.86 bits per heavy atom. The zero-order valence-corrected chi connectivity index (χ0v) is 22.2. The molecule has 2 amide bonds. The van der Waals surface area contributed by atoms with E-state index in [1.54, 1.807) is 14.2 Å². The fourth-order valence-corrected chi connectivity index (χ4v) is 8.43. The molecule has 8 heteroatoms. The van der Waals surface area contributed by atoms with Crippen molar-refractivity contribution in [3.8, 4) is 0 Å². The van der Waals surface area contributed by atoms with Crippen LogP contribution in [0.4, 0.5) is 0 Å². The number of nitrogens with two attached hydrogens (primary N) is 1. The van der Waals surface area contributed by atoms with Crippen molar-refractivity contribution in [2.45, 2.75) is 102 Å². The molecule has 3 aliphatic heterocycles. The maximum atomic E-state index is 14.1. The summed E-state index contributed by atoms with van der Waals surface area (Å²) in [6.45, 7) is 7.87. The predicted molar refractivity (Wildman–Crippen MR) is 130 cm³/mol. The minimum absolute atomic E-state index is 0.00740. The Morgan fingerprint density at radius 1 is 1.06 bits per heavy atom. The van der Waals surface area contributed by atoms with Crippen LogP contribution in [0, 0.1) is 29.6 Å². The molecule has 5 fully saturated rings. The average Bonchev–Trinajstić information content (AvgIpc) is 3.19. The lowest BCUT2D eigenvalue weighted by Crippen LogP contribution is -2.99. The number of carbonyl (C=O) groups is 2. The molecule has 0 aromatic carbocycles. The molecular formula is C27H46N3O5+. The highest BCUT2D eigenvalue weighted by Crippen LogP contribution is 2.53. The highest BCUT2D eigenvalue weighted by Gasteiger charge is 2.66.